The molecule has 1 N–H and O–H groups in total. The molecule has 0 spiro atoms. The second kappa shape index (κ2) is 12.7. The smallest absolute Gasteiger partial charge is 0.862 e. The van der Waals surface area contributed by atoms with E-state index in [2.05, 4.69) is 4.99 Å². The Balaban J connectivity index is 0.00000312. The van der Waals surface area contributed by atoms with Crippen LogP contribution in [-0.2, 0) is 17.0 Å². The molecule has 1 atom stereocenters. The van der Waals surface area contributed by atoms with Crippen LogP contribution in [0, 0.1) is 0 Å². The molecule has 126 valence electrons. The third-order valence-corrected chi connectivity index (χ3v) is 4.53. The fourth-order valence-corrected chi connectivity index (χ4v) is 3.15. The summed E-state index contributed by atoms with van der Waals surface area (Å²) in [6.07, 6.45) is 0.809. The van der Waals surface area contributed by atoms with Crippen LogP contribution >= 0.6 is 11.8 Å². The molecular weight excluding hydrogens is 361 g/mol. The van der Waals surface area contributed by atoms with Crippen molar-refractivity contribution in [1.82, 2.24) is 0 Å². The zero-order chi connectivity index (χ0) is 17.2. The maximum atomic E-state index is 11.9. The minimum atomic E-state index is -1.05. The van der Waals surface area contributed by atoms with Gasteiger partial charge in [0.15, 0.2) is 6.04 Å². The first-order valence-electron chi connectivity index (χ1n) is 7.77. The second-order valence-electron chi connectivity index (χ2n) is 5.36. The number of benzene rings is 2. The van der Waals surface area contributed by atoms with Crippen LogP contribution in [-0.4, -0.2) is 28.8 Å². The first-order chi connectivity index (χ1) is 11.6. The van der Waals surface area contributed by atoms with E-state index in [0.29, 0.717) is 17.9 Å². The molecule has 6 heteroatoms. The number of aliphatic carboxylic acids is 1. The van der Waals surface area contributed by atoms with E-state index < -0.39 is 12.0 Å². The topological polar surface area (TPSA) is 72.7 Å². The van der Waals surface area contributed by atoms with Crippen molar-refractivity contribution in [2.45, 2.75) is 24.6 Å². The van der Waals surface area contributed by atoms with Gasteiger partial charge >= 0.3 is 57.4 Å². The van der Waals surface area contributed by atoms with Crippen LogP contribution in [0.1, 0.15) is 17.5 Å². The third-order valence-electron chi connectivity index (χ3n) is 3.44. The second-order valence-corrected chi connectivity index (χ2v) is 6.39. The van der Waals surface area contributed by atoms with Gasteiger partial charge in [-0.2, -0.15) is 11.8 Å². The van der Waals surface area contributed by atoms with Crippen molar-refractivity contribution in [3.63, 3.8) is 0 Å². The molecule has 0 fully saturated rings. The molecule has 0 radical (unpaired) electrons. The van der Waals surface area contributed by atoms with Gasteiger partial charge in [0.2, 0.25) is 0 Å². The largest absolute Gasteiger partial charge is 1.00 e. The van der Waals surface area contributed by atoms with Crippen LogP contribution in [0.5, 0.6) is 0 Å². The molecule has 0 saturated carbocycles. The normalized spacial score (nSPS) is 12.2. The zero-order valence-corrected chi connectivity index (χ0v) is 18.2. The minimum Gasteiger partial charge on any atom is -0.862 e. The van der Waals surface area contributed by atoms with Crippen molar-refractivity contribution in [2.24, 2.45) is 4.99 Å². The van der Waals surface area contributed by atoms with Gasteiger partial charge in [0.1, 0.15) is 0 Å². The Bertz CT molecular complexity index is 665. The molecule has 0 amide bonds. The Morgan fingerprint density at radius 2 is 1.60 bits per heavy atom. The number of carboxylic acid groups (broad SMARTS) is 1. The molecule has 0 bridgehead atoms. The van der Waals surface area contributed by atoms with Crippen molar-refractivity contribution in [3.8, 4) is 0 Å². The van der Waals surface area contributed by atoms with Gasteiger partial charge in [0, 0.05) is 11.5 Å². The summed E-state index contributed by atoms with van der Waals surface area (Å²) in [4.78, 5) is 15.2. The fraction of sp³-hybridized carbons (Fsp3) is 0.263. The molecule has 2 aromatic rings. The van der Waals surface area contributed by atoms with E-state index in [9.17, 15) is 15.0 Å². The standard InChI is InChI=1S/C19H21NO3S.K/c21-18(12-11-15-7-3-1-4-8-15)20-17(19(22)23)14-24-13-16-9-5-2-6-10-16;/h1-10,17H,11-14H2,(H,20,21)(H,22,23);/q;+1/p-1/t17-;/m0./s1. The Morgan fingerprint density at radius 1 is 1.04 bits per heavy atom. The summed E-state index contributed by atoms with van der Waals surface area (Å²) in [5.41, 5.74) is 2.17. The van der Waals surface area contributed by atoms with Gasteiger partial charge in [-0.05, 0) is 29.9 Å². The predicted molar refractivity (Wildman–Crippen MR) is 96.2 cm³/mol. The van der Waals surface area contributed by atoms with Crippen molar-refractivity contribution in [1.29, 1.82) is 0 Å². The third kappa shape index (κ3) is 9.03. The molecular formula is C19H20KNO3S. The number of nitrogens with zero attached hydrogens (tertiary/aromatic N) is 1. The van der Waals surface area contributed by atoms with Gasteiger partial charge in [-0.25, -0.2) is 4.79 Å². The average molecular weight is 382 g/mol. The van der Waals surface area contributed by atoms with Crippen LogP contribution in [0.3, 0.4) is 0 Å². The van der Waals surface area contributed by atoms with E-state index in [1.807, 2.05) is 60.7 Å². The SMILES string of the molecule is O=C(O)[C@H](CSCc1ccccc1)N=C([O-])CCc1ccccc1.[K+]. The molecule has 0 aliphatic heterocycles. The van der Waals surface area contributed by atoms with Crippen molar-refractivity contribution >= 4 is 23.6 Å². The van der Waals surface area contributed by atoms with Crippen molar-refractivity contribution < 1.29 is 66.4 Å². The Hall–Kier alpha value is -0.634. The number of aryl methyl sites for hydroxylation is 1. The first kappa shape index (κ1) is 22.4. The molecule has 2 aromatic carbocycles. The summed E-state index contributed by atoms with van der Waals surface area (Å²) in [5.74, 6) is -0.408. The van der Waals surface area contributed by atoms with Crippen molar-refractivity contribution in [3.05, 3.63) is 71.8 Å². The molecule has 4 nitrogen and oxygen atoms in total. The number of hydrogen-bond acceptors (Lipinski definition) is 4. The quantitative estimate of drug-likeness (QED) is 0.370. The average Bonchev–Trinajstić information content (AvgIpc) is 2.61. The molecule has 0 aromatic heterocycles. The fourth-order valence-electron chi connectivity index (χ4n) is 2.16. The molecule has 25 heavy (non-hydrogen) atoms. The summed E-state index contributed by atoms with van der Waals surface area (Å²) in [7, 11) is 0. The number of hydrogen-bond donors (Lipinski definition) is 1. The van der Waals surface area contributed by atoms with Crippen LogP contribution in [0.2, 0.25) is 0 Å². The number of carboxylic acids is 1. The van der Waals surface area contributed by atoms with Gasteiger partial charge in [0.25, 0.3) is 0 Å². The van der Waals surface area contributed by atoms with Crippen molar-refractivity contribution in [2.75, 3.05) is 5.75 Å². The molecule has 0 aliphatic carbocycles. The van der Waals surface area contributed by atoms with Crippen LogP contribution in [0.25, 0.3) is 0 Å². The summed E-state index contributed by atoms with van der Waals surface area (Å²) in [5, 5.41) is 21.2. The van der Waals surface area contributed by atoms with Crippen LogP contribution in [0.15, 0.2) is 65.7 Å². The number of rotatable bonds is 9. The van der Waals surface area contributed by atoms with E-state index in [1.165, 1.54) is 11.8 Å². The summed E-state index contributed by atoms with van der Waals surface area (Å²) in [6, 6.07) is 18.5. The van der Waals surface area contributed by atoms with Crippen LogP contribution < -0.4 is 56.5 Å². The van der Waals surface area contributed by atoms with E-state index in [0.717, 1.165) is 11.1 Å². The van der Waals surface area contributed by atoms with Crippen LogP contribution in [0.4, 0.5) is 0 Å². The number of carbonyl (C=O) groups is 1. The summed E-state index contributed by atoms with van der Waals surface area (Å²) in [6.45, 7) is 0. The molecule has 2 rings (SSSR count). The summed E-state index contributed by atoms with van der Waals surface area (Å²) >= 11 is 1.47. The monoisotopic (exact) mass is 381 g/mol. The van der Waals surface area contributed by atoms with Gasteiger partial charge < -0.3 is 10.2 Å². The van der Waals surface area contributed by atoms with E-state index >= 15 is 0 Å². The summed E-state index contributed by atoms with van der Waals surface area (Å²) < 4.78 is 0. The molecule has 0 saturated heterocycles. The van der Waals surface area contributed by atoms with E-state index in [1.54, 1.807) is 0 Å². The van der Waals surface area contributed by atoms with Gasteiger partial charge in [-0.15, -0.1) is 0 Å². The predicted octanol–water partition coefficient (Wildman–Crippen LogP) is -0.231. The Morgan fingerprint density at radius 3 is 2.16 bits per heavy atom. The Labute approximate surface area is 195 Å². The van der Waals surface area contributed by atoms with E-state index in [-0.39, 0.29) is 63.7 Å². The van der Waals surface area contributed by atoms with Gasteiger partial charge in [-0.1, -0.05) is 60.7 Å². The molecule has 0 unspecified atom stereocenters. The maximum Gasteiger partial charge on any atom is 1.00 e. The number of aliphatic imine (C=N–C) groups is 1. The first-order valence-corrected chi connectivity index (χ1v) is 8.92. The van der Waals surface area contributed by atoms with Gasteiger partial charge in [0.05, 0.1) is 0 Å². The van der Waals surface area contributed by atoms with Gasteiger partial charge in [-0.3, -0.25) is 4.99 Å². The number of thioether (sulfide) groups is 1. The maximum absolute atomic E-state index is 11.9. The zero-order valence-electron chi connectivity index (χ0n) is 14.3. The molecule has 0 heterocycles. The van der Waals surface area contributed by atoms with E-state index in [4.69, 9.17) is 0 Å². The minimum absolute atomic E-state index is 0. The molecule has 0 aliphatic rings. The Kier molecular flexibility index (Phi) is 11.4.